The molecule has 0 N–H and O–H groups in total. The Labute approximate surface area is 212 Å². The van der Waals surface area contributed by atoms with Gasteiger partial charge in [-0.25, -0.2) is 4.98 Å². The molecule has 0 saturated carbocycles. The zero-order valence-corrected chi connectivity index (χ0v) is 21.3. The molecule has 174 valence electrons. The number of aromatic nitrogens is 5. The number of thiophene rings is 1. The Balaban J connectivity index is 1.41. The van der Waals surface area contributed by atoms with Crippen LogP contribution < -0.4 is 10.3 Å². The van der Waals surface area contributed by atoms with Gasteiger partial charge in [0.2, 0.25) is 0 Å². The first-order valence-electron chi connectivity index (χ1n) is 10.8. The van der Waals surface area contributed by atoms with Crippen LogP contribution in [-0.4, -0.2) is 31.3 Å². The van der Waals surface area contributed by atoms with Gasteiger partial charge >= 0.3 is 0 Å². The van der Waals surface area contributed by atoms with Gasteiger partial charge in [-0.15, -0.1) is 21.5 Å². The Bertz CT molecular complexity index is 1730. The zero-order chi connectivity index (χ0) is 23.9. The van der Waals surface area contributed by atoms with Crippen LogP contribution in [-0.2, 0) is 5.75 Å². The third-order valence-electron chi connectivity index (χ3n) is 5.55. The summed E-state index contributed by atoms with van der Waals surface area (Å²) < 4.78 is 10.4. The van der Waals surface area contributed by atoms with Crippen molar-refractivity contribution in [1.29, 1.82) is 0 Å². The predicted molar refractivity (Wildman–Crippen MR) is 142 cm³/mol. The molecule has 0 saturated heterocycles. The summed E-state index contributed by atoms with van der Waals surface area (Å²) in [5.74, 6) is 1.97. The molecule has 0 aliphatic carbocycles. The lowest BCUT2D eigenvalue weighted by atomic mass is 10.2. The number of rotatable bonds is 6. The highest BCUT2D eigenvalue weighted by Gasteiger charge is 2.20. The first kappa shape index (κ1) is 22.0. The van der Waals surface area contributed by atoms with Crippen molar-refractivity contribution in [2.24, 2.45) is 0 Å². The van der Waals surface area contributed by atoms with Crippen LogP contribution in [0.5, 0.6) is 5.75 Å². The number of benzene rings is 2. The average Bonchev–Trinajstić information content (AvgIpc) is 3.60. The Morgan fingerprint density at radius 1 is 1.06 bits per heavy atom. The molecule has 35 heavy (non-hydrogen) atoms. The molecule has 0 radical (unpaired) electrons. The number of hydrogen-bond acceptors (Lipinski definition) is 8. The average molecular weight is 518 g/mol. The number of thiazole rings is 1. The number of hydrogen-bond donors (Lipinski definition) is 0. The highest BCUT2D eigenvalue weighted by atomic mass is 32.2. The number of nitrogens with zero attached hydrogens (tertiary/aromatic N) is 5. The highest BCUT2D eigenvalue weighted by molar-refractivity contribution is 7.98. The summed E-state index contributed by atoms with van der Waals surface area (Å²) in [6, 6.07) is 19.5. The molecule has 0 bridgehead atoms. The molecule has 7 nitrogen and oxygen atoms in total. The summed E-state index contributed by atoms with van der Waals surface area (Å²) in [6.45, 7) is 2.04. The molecule has 0 unspecified atom stereocenters. The van der Waals surface area contributed by atoms with E-state index in [1.54, 1.807) is 28.9 Å². The third kappa shape index (κ3) is 3.93. The molecule has 0 fully saturated rings. The molecule has 2 aromatic carbocycles. The van der Waals surface area contributed by atoms with Crippen molar-refractivity contribution in [2.75, 3.05) is 7.11 Å². The summed E-state index contributed by atoms with van der Waals surface area (Å²) in [5, 5.41) is 11.7. The minimum atomic E-state index is -0.0795. The monoisotopic (exact) mass is 517 g/mol. The van der Waals surface area contributed by atoms with E-state index in [9.17, 15) is 4.79 Å². The van der Waals surface area contributed by atoms with Gasteiger partial charge in [-0.3, -0.25) is 13.8 Å². The summed E-state index contributed by atoms with van der Waals surface area (Å²) in [4.78, 5) is 19.4. The number of fused-ring (bicyclic) bond motifs is 3. The van der Waals surface area contributed by atoms with E-state index in [4.69, 9.17) is 9.72 Å². The van der Waals surface area contributed by atoms with E-state index in [0.29, 0.717) is 21.6 Å². The lowest BCUT2D eigenvalue weighted by molar-refractivity contribution is 0.412. The summed E-state index contributed by atoms with van der Waals surface area (Å²) in [6.07, 6.45) is 0. The van der Waals surface area contributed by atoms with Crippen LogP contribution in [0.1, 0.15) is 11.3 Å². The maximum atomic E-state index is 12.9. The van der Waals surface area contributed by atoms with E-state index in [1.165, 1.54) is 23.1 Å². The molecule has 0 amide bonds. The van der Waals surface area contributed by atoms with E-state index in [2.05, 4.69) is 16.3 Å². The largest absolute Gasteiger partial charge is 0.495 e. The van der Waals surface area contributed by atoms with Gasteiger partial charge < -0.3 is 4.74 Å². The zero-order valence-electron chi connectivity index (χ0n) is 18.8. The van der Waals surface area contributed by atoms with E-state index >= 15 is 0 Å². The molecule has 4 heterocycles. The Morgan fingerprint density at radius 2 is 1.94 bits per heavy atom. The fourth-order valence-corrected chi connectivity index (χ4v) is 6.54. The lowest BCUT2D eigenvalue weighted by Gasteiger charge is -2.14. The molecule has 6 aromatic rings. The molecule has 4 aromatic heterocycles. The highest BCUT2D eigenvalue weighted by Crippen LogP contribution is 2.35. The fraction of sp³-hybridized carbons (Fsp3) is 0.120. The molecular weight excluding hydrogens is 499 g/mol. The predicted octanol–water partition coefficient (Wildman–Crippen LogP) is 5.83. The van der Waals surface area contributed by atoms with Crippen molar-refractivity contribution in [2.45, 2.75) is 17.8 Å². The third-order valence-corrected chi connectivity index (χ3v) is 8.40. The van der Waals surface area contributed by atoms with E-state index in [0.717, 1.165) is 37.9 Å². The van der Waals surface area contributed by atoms with Crippen LogP contribution in [0.4, 0.5) is 0 Å². The Morgan fingerprint density at radius 3 is 2.77 bits per heavy atom. The molecule has 0 atom stereocenters. The molecular formula is C25H19N5O2S3. The first-order valence-corrected chi connectivity index (χ1v) is 13.5. The van der Waals surface area contributed by atoms with Gasteiger partial charge in [0, 0.05) is 11.8 Å². The van der Waals surface area contributed by atoms with Crippen LogP contribution >= 0.6 is 34.4 Å². The molecule has 0 spiro atoms. The van der Waals surface area contributed by atoms with Crippen molar-refractivity contribution in [1.82, 2.24) is 24.1 Å². The van der Waals surface area contributed by atoms with Crippen LogP contribution in [0.15, 0.2) is 76.0 Å². The standard InChI is InChI=1S/C25H19N5O2S3/c1-15-9-10-19(32-2)18(12-15)30-23(21-8-5-11-33-21)27-28-25(30)34-14-16-13-22(31)29-17-6-3-4-7-20(17)35-24(29)26-16/h3-13H,14H2,1-2H3. The topological polar surface area (TPSA) is 74.3 Å². The molecule has 6 rings (SSSR count). The van der Waals surface area contributed by atoms with E-state index in [1.807, 2.05) is 65.4 Å². The maximum absolute atomic E-state index is 12.9. The quantitative estimate of drug-likeness (QED) is 0.259. The van der Waals surface area contributed by atoms with Gasteiger partial charge in [0.15, 0.2) is 15.9 Å². The lowest BCUT2D eigenvalue weighted by Crippen LogP contribution is -2.13. The van der Waals surface area contributed by atoms with Crippen LogP contribution in [0, 0.1) is 6.92 Å². The van der Waals surface area contributed by atoms with Crippen molar-refractivity contribution in [3.63, 3.8) is 0 Å². The summed E-state index contributed by atoms with van der Waals surface area (Å²) in [5.41, 5.74) is 3.49. The maximum Gasteiger partial charge on any atom is 0.259 e. The number of aryl methyl sites for hydroxylation is 1. The van der Waals surface area contributed by atoms with Crippen molar-refractivity contribution in [3.8, 4) is 22.1 Å². The molecule has 0 aliphatic rings. The summed E-state index contributed by atoms with van der Waals surface area (Å²) in [7, 11) is 1.66. The Kier molecular flexibility index (Phi) is 5.63. The van der Waals surface area contributed by atoms with Gasteiger partial charge in [0.25, 0.3) is 5.56 Å². The Hall–Kier alpha value is -3.47. The van der Waals surface area contributed by atoms with E-state index < -0.39 is 0 Å². The number of thioether (sulfide) groups is 1. The van der Waals surface area contributed by atoms with Crippen molar-refractivity contribution < 1.29 is 4.74 Å². The van der Waals surface area contributed by atoms with Crippen molar-refractivity contribution in [3.05, 3.63) is 87.7 Å². The smallest absolute Gasteiger partial charge is 0.259 e. The number of methoxy groups -OCH3 is 1. The minimum Gasteiger partial charge on any atom is -0.495 e. The van der Waals surface area contributed by atoms with Gasteiger partial charge in [0.05, 0.1) is 33.6 Å². The fourth-order valence-electron chi connectivity index (χ4n) is 3.96. The van der Waals surface area contributed by atoms with Crippen molar-refractivity contribution >= 4 is 49.6 Å². The SMILES string of the molecule is COc1ccc(C)cc1-n1c(SCc2cc(=O)n3c(n2)sc2ccccc23)nnc1-c1cccs1. The van der Waals surface area contributed by atoms with Crippen LogP contribution in [0.2, 0.25) is 0 Å². The van der Waals surface area contributed by atoms with Gasteiger partial charge in [-0.05, 0) is 48.2 Å². The second kappa shape index (κ2) is 8.95. The van der Waals surface area contributed by atoms with Gasteiger partial charge in [-0.1, -0.05) is 47.4 Å². The second-order valence-corrected chi connectivity index (χ2v) is 10.8. The number of para-hydroxylation sites is 1. The van der Waals surface area contributed by atoms with Gasteiger partial charge in [-0.2, -0.15) is 0 Å². The van der Waals surface area contributed by atoms with E-state index in [-0.39, 0.29) is 5.56 Å². The molecule has 10 heteroatoms. The molecule has 0 aliphatic heterocycles. The minimum absolute atomic E-state index is 0.0795. The first-order chi connectivity index (χ1) is 17.1. The normalized spacial score (nSPS) is 11.5. The number of ether oxygens (including phenoxy) is 1. The summed E-state index contributed by atoms with van der Waals surface area (Å²) >= 11 is 4.62. The second-order valence-electron chi connectivity index (χ2n) is 7.86. The van der Waals surface area contributed by atoms with Gasteiger partial charge in [0.1, 0.15) is 5.75 Å². The van der Waals surface area contributed by atoms with Crippen LogP contribution in [0.25, 0.3) is 31.6 Å². The van der Waals surface area contributed by atoms with Crippen LogP contribution in [0.3, 0.4) is 0 Å².